The number of aryl methyl sites for hydroxylation is 2. The molecule has 0 aliphatic carbocycles. The highest BCUT2D eigenvalue weighted by Crippen LogP contribution is 2.31. The number of hydrogen-bond acceptors (Lipinski definition) is 2. The van der Waals surface area contributed by atoms with Crippen LogP contribution >= 0.6 is 0 Å². The van der Waals surface area contributed by atoms with Crippen LogP contribution < -0.4 is 5.73 Å². The molecule has 1 aromatic heterocycles. The van der Waals surface area contributed by atoms with E-state index in [1.807, 2.05) is 0 Å². The molecule has 1 aliphatic rings. The molecule has 0 bridgehead atoms. The molecule has 0 radical (unpaired) electrons. The SMILES string of the molecule is CCc1ccc(-c2c(CN)nn3c2CCCC3)cc1. The Bertz CT molecular complexity index is 566. The summed E-state index contributed by atoms with van der Waals surface area (Å²) in [7, 11) is 0. The van der Waals surface area contributed by atoms with E-state index in [1.165, 1.54) is 35.2 Å². The molecule has 1 aliphatic heterocycles. The van der Waals surface area contributed by atoms with Crippen molar-refractivity contribution in [3.8, 4) is 11.1 Å². The van der Waals surface area contributed by atoms with Gasteiger partial charge in [0.1, 0.15) is 0 Å². The van der Waals surface area contributed by atoms with Gasteiger partial charge in [-0.15, -0.1) is 0 Å². The molecule has 0 saturated heterocycles. The van der Waals surface area contributed by atoms with E-state index in [1.54, 1.807) is 0 Å². The second-order valence-corrected chi connectivity index (χ2v) is 5.20. The van der Waals surface area contributed by atoms with Crippen LogP contribution in [0.5, 0.6) is 0 Å². The van der Waals surface area contributed by atoms with Crippen LogP contribution in [0.15, 0.2) is 24.3 Å². The molecule has 2 heterocycles. The van der Waals surface area contributed by atoms with E-state index in [2.05, 4.69) is 41.0 Å². The Morgan fingerprint density at radius 2 is 2.00 bits per heavy atom. The molecule has 0 spiro atoms. The van der Waals surface area contributed by atoms with Crippen molar-refractivity contribution in [3.63, 3.8) is 0 Å². The van der Waals surface area contributed by atoms with Crippen LogP contribution in [0.1, 0.15) is 36.7 Å². The Morgan fingerprint density at radius 1 is 1.21 bits per heavy atom. The Labute approximate surface area is 114 Å². The molecule has 19 heavy (non-hydrogen) atoms. The average molecular weight is 255 g/mol. The van der Waals surface area contributed by atoms with E-state index in [9.17, 15) is 0 Å². The van der Waals surface area contributed by atoms with Gasteiger partial charge in [0, 0.05) is 24.3 Å². The van der Waals surface area contributed by atoms with Crippen molar-refractivity contribution in [2.24, 2.45) is 5.73 Å². The lowest BCUT2D eigenvalue weighted by Crippen LogP contribution is -2.11. The molecule has 3 heteroatoms. The summed E-state index contributed by atoms with van der Waals surface area (Å²) in [6.45, 7) is 3.74. The van der Waals surface area contributed by atoms with Gasteiger partial charge >= 0.3 is 0 Å². The number of nitrogens with two attached hydrogens (primary N) is 1. The number of rotatable bonds is 3. The number of aromatic nitrogens is 2. The standard InChI is InChI=1S/C16H21N3/c1-2-12-6-8-13(9-7-12)16-14(11-17)18-19-10-4-3-5-15(16)19/h6-9H,2-5,10-11,17H2,1H3. The van der Waals surface area contributed by atoms with Gasteiger partial charge in [-0.05, 0) is 36.8 Å². The van der Waals surface area contributed by atoms with E-state index in [0.29, 0.717) is 6.54 Å². The molecule has 3 rings (SSSR count). The first-order valence-electron chi connectivity index (χ1n) is 7.21. The molecule has 1 aromatic carbocycles. The smallest absolute Gasteiger partial charge is 0.0841 e. The third kappa shape index (κ3) is 2.19. The predicted octanol–water partition coefficient (Wildman–Crippen LogP) is 2.91. The minimum Gasteiger partial charge on any atom is -0.325 e. The second kappa shape index (κ2) is 5.17. The molecule has 0 fully saturated rings. The summed E-state index contributed by atoms with van der Waals surface area (Å²) >= 11 is 0. The van der Waals surface area contributed by atoms with Crippen LogP contribution in [-0.4, -0.2) is 9.78 Å². The lowest BCUT2D eigenvalue weighted by Gasteiger charge is -2.14. The molecule has 0 atom stereocenters. The van der Waals surface area contributed by atoms with Crippen LogP contribution in [0.25, 0.3) is 11.1 Å². The first kappa shape index (κ1) is 12.4. The fourth-order valence-corrected chi connectivity index (χ4v) is 2.93. The first-order chi connectivity index (χ1) is 9.33. The quantitative estimate of drug-likeness (QED) is 0.916. The maximum Gasteiger partial charge on any atom is 0.0841 e. The third-order valence-electron chi connectivity index (χ3n) is 4.01. The highest BCUT2D eigenvalue weighted by molar-refractivity contribution is 5.69. The summed E-state index contributed by atoms with van der Waals surface area (Å²) in [5.41, 5.74) is 12.2. The van der Waals surface area contributed by atoms with Crippen LogP contribution in [0, 0.1) is 0 Å². The van der Waals surface area contributed by atoms with Crippen molar-refractivity contribution in [1.29, 1.82) is 0 Å². The van der Waals surface area contributed by atoms with Crippen molar-refractivity contribution in [3.05, 3.63) is 41.2 Å². The number of hydrogen-bond donors (Lipinski definition) is 1. The van der Waals surface area contributed by atoms with Crippen molar-refractivity contribution in [2.75, 3.05) is 0 Å². The molecule has 100 valence electrons. The van der Waals surface area contributed by atoms with Gasteiger partial charge in [0.15, 0.2) is 0 Å². The van der Waals surface area contributed by atoms with Gasteiger partial charge in [-0.1, -0.05) is 31.2 Å². The maximum absolute atomic E-state index is 5.88. The Balaban J connectivity index is 2.09. The molecule has 2 aromatic rings. The Hall–Kier alpha value is -1.61. The summed E-state index contributed by atoms with van der Waals surface area (Å²) in [6, 6.07) is 8.85. The fraction of sp³-hybridized carbons (Fsp3) is 0.438. The van der Waals surface area contributed by atoms with Gasteiger partial charge in [0.05, 0.1) is 5.69 Å². The largest absolute Gasteiger partial charge is 0.325 e. The maximum atomic E-state index is 5.88. The zero-order valence-corrected chi connectivity index (χ0v) is 11.5. The van der Waals surface area contributed by atoms with Crippen molar-refractivity contribution < 1.29 is 0 Å². The van der Waals surface area contributed by atoms with Gasteiger partial charge in [0.2, 0.25) is 0 Å². The van der Waals surface area contributed by atoms with Crippen LogP contribution in [-0.2, 0) is 25.9 Å². The van der Waals surface area contributed by atoms with Crippen molar-refractivity contribution in [1.82, 2.24) is 9.78 Å². The van der Waals surface area contributed by atoms with E-state index < -0.39 is 0 Å². The highest BCUT2D eigenvalue weighted by atomic mass is 15.3. The number of fused-ring (bicyclic) bond motifs is 1. The van der Waals surface area contributed by atoms with Crippen LogP contribution in [0.4, 0.5) is 0 Å². The van der Waals surface area contributed by atoms with Crippen LogP contribution in [0.2, 0.25) is 0 Å². The van der Waals surface area contributed by atoms with E-state index >= 15 is 0 Å². The number of nitrogens with zero attached hydrogens (tertiary/aromatic N) is 2. The monoisotopic (exact) mass is 255 g/mol. The Kier molecular flexibility index (Phi) is 3.38. The summed E-state index contributed by atoms with van der Waals surface area (Å²) in [5.74, 6) is 0. The van der Waals surface area contributed by atoms with Crippen LogP contribution in [0.3, 0.4) is 0 Å². The number of benzene rings is 1. The highest BCUT2D eigenvalue weighted by Gasteiger charge is 2.20. The second-order valence-electron chi connectivity index (χ2n) is 5.20. The minimum absolute atomic E-state index is 0.519. The molecule has 0 amide bonds. The minimum atomic E-state index is 0.519. The topological polar surface area (TPSA) is 43.8 Å². The molecule has 3 nitrogen and oxygen atoms in total. The van der Waals surface area contributed by atoms with Crippen molar-refractivity contribution >= 4 is 0 Å². The van der Waals surface area contributed by atoms with Gasteiger partial charge in [0.25, 0.3) is 0 Å². The van der Waals surface area contributed by atoms with Gasteiger partial charge in [-0.25, -0.2) is 0 Å². The molecular formula is C16H21N3. The Morgan fingerprint density at radius 3 is 2.68 bits per heavy atom. The van der Waals surface area contributed by atoms with Gasteiger partial charge in [-0.2, -0.15) is 5.10 Å². The predicted molar refractivity (Wildman–Crippen MR) is 77.9 cm³/mol. The fourth-order valence-electron chi connectivity index (χ4n) is 2.93. The molecule has 0 saturated carbocycles. The zero-order valence-electron chi connectivity index (χ0n) is 11.5. The summed E-state index contributed by atoms with van der Waals surface area (Å²) in [6.07, 6.45) is 4.69. The summed E-state index contributed by atoms with van der Waals surface area (Å²) in [5, 5.41) is 4.68. The molecule has 2 N–H and O–H groups in total. The first-order valence-corrected chi connectivity index (χ1v) is 7.21. The van der Waals surface area contributed by atoms with E-state index in [4.69, 9.17) is 5.73 Å². The summed E-state index contributed by atoms with van der Waals surface area (Å²) < 4.78 is 2.16. The van der Waals surface area contributed by atoms with E-state index in [0.717, 1.165) is 25.1 Å². The average Bonchev–Trinajstić information content (AvgIpc) is 2.86. The van der Waals surface area contributed by atoms with Gasteiger partial charge < -0.3 is 5.73 Å². The third-order valence-corrected chi connectivity index (χ3v) is 4.01. The zero-order chi connectivity index (χ0) is 13.2. The molecular weight excluding hydrogens is 234 g/mol. The summed E-state index contributed by atoms with van der Waals surface area (Å²) in [4.78, 5) is 0. The normalized spacial score (nSPS) is 14.4. The van der Waals surface area contributed by atoms with Gasteiger partial charge in [-0.3, -0.25) is 4.68 Å². The lowest BCUT2D eigenvalue weighted by molar-refractivity contribution is 0.484. The van der Waals surface area contributed by atoms with Crippen molar-refractivity contribution in [2.45, 2.75) is 45.7 Å². The van der Waals surface area contributed by atoms with E-state index in [-0.39, 0.29) is 0 Å². The molecule has 0 unspecified atom stereocenters. The lowest BCUT2D eigenvalue weighted by atomic mass is 9.97.